The number of hydrogen-bond donors (Lipinski definition) is 3. The lowest BCUT2D eigenvalue weighted by Gasteiger charge is -2.26. The van der Waals surface area contributed by atoms with Crippen molar-refractivity contribution in [2.24, 2.45) is 11.3 Å². The molecule has 0 unspecified atom stereocenters. The molecule has 8 heteroatoms. The first-order valence-corrected chi connectivity index (χ1v) is 20.7. The van der Waals surface area contributed by atoms with Crippen LogP contribution in [0.15, 0.2) is 103 Å². The van der Waals surface area contributed by atoms with Crippen LogP contribution in [-0.4, -0.2) is 44.9 Å². The van der Waals surface area contributed by atoms with Gasteiger partial charge in [-0.15, -0.1) is 0 Å². The molecule has 1 aliphatic rings. The van der Waals surface area contributed by atoms with Crippen LogP contribution in [0.25, 0.3) is 21.9 Å². The van der Waals surface area contributed by atoms with Crippen LogP contribution in [0.2, 0.25) is 0 Å². The predicted molar refractivity (Wildman–Crippen MR) is 233 cm³/mol. The van der Waals surface area contributed by atoms with Crippen molar-refractivity contribution in [2.75, 3.05) is 13.2 Å². The number of para-hydroxylation sites is 1. The first kappa shape index (κ1) is 42.1. The average molecular weight is 782 g/mol. The fraction of sp³-hybridized carbons (Fsp3) is 0.380. The second-order valence-corrected chi connectivity index (χ2v) is 16.7. The summed E-state index contributed by atoms with van der Waals surface area (Å²) in [6, 6.07) is 34.7. The SMILES string of the molecule is Cc1cc(C)c2c3ccccc3n(Cc3ccc([C@@H](C(=O)N[C@@H](CO)c4ccccc4)C4CCCC4)cc3)c2n1.Cc1ccc(C)c(OCCCC(C)(C)C(=O)O)c1. The van der Waals surface area contributed by atoms with Crippen LogP contribution in [0.1, 0.15) is 103 Å². The van der Waals surface area contributed by atoms with Gasteiger partial charge >= 0.3 is 5.97 Å². The molecule has 7 rings (SSSR count). The van der Waals surface area contributed by atoms with Gasteiger partial charge < -0.3 is 24.8 Å². The lowest BCUT2D eigenvalue weighted by Crippen LogP contribution is -2.37. The average Bonchev–Trinajstić information content (AvgIpc) is 3.85. The van der Waals surface area contributed by atoms with Gasteiger partial charge in [0.25, 0.3) is 0 Å². The highest BCUT2D eigenvalue weighted by molar-refractivity contribution is 6.08. The number of aromatic nitrogens is 2. The number of carbonyl (C=O) groups is 2. The van der Waals surface area contributed by atoms with Crippen molar-refractivity contribution in [1.82, 2.24) is 14.9 Å². The molecule has 4 aromatic carbocycles. The summed E-state index contributed by atoms with van der Waals surface area (Å²) in [5.74, 6) is 0.223. The van der Waals surface area contributed by atoms with Gasteiger partial charge in [-0.3, -0.25) is 9.59 Å². The molecule has 0 radical (unpaired) electrons. The first-order valence-electron chi connectivity index (χ1n) is 20.7. The Kier molecular flexibility index (Phi) is 13.7. The Bertz CT molecular complexity index is 2320. The zero-order valence-electron chi connectivity index (χ0n) is 34.9. The van der Waals surface area contributed by atoms with E-state index in [4.69, 9.17) is 14.8 Å². The molecule has 8 nitrogen and oxygen atoms in total. The molecule has 3 N–H and O–H groups in total. The van der Waals surface area contributed by atoms with Gasteiger partial charge in [-0.25, -0.2) is 4.98 Å². The summed E-state index contributed by atoms with van der Waals surface area (Å²) in [6.07, 6.45) is 5.80. The molecular weight excluding hydrogens is 723 g/mol. The smallest absolute Gasteiger partial charge is 0.309 e. The Balaban J connectivity index is 0.000000265. The number of hydrogen-bond acceptors (Lipinski definition) is 5. The number of ether oxygens (including phenoxy) is 1. The summed E-state index contributed by atoms with van der Waals surface area (Å²) in [5.41, 5.74) is 9.21. The van der Waals surface area contributed by atoms with Crippen LogP contribution < -0.4 is 10.1 Å². The molecule has 6 aromatic rings. The number of carboxylic acids is 1. The number of benzene rings is 4. The summed E-state index contributed by atoms with van der Waals surface area (Å²) in [7, 11) is 0. The fourth-order valence-corrected chi connectivity index (χ4v) is 8.33. The van der Waals surface area contributed by atoms with Crippen LogP contribution in [0, 0.1) is 39.0 Å². The van der Waals surface area contributed by atoms with Crippen molar-refractivity contribution in [2.45, 2.75) is 98.6 Å². The van der Waals surface area contributed by atoms with E-state index in [1.807, 2.05) is 56.3 Å². The summed E-state index contributed by atoms with van der Waals surface area (Å²) in [5, 5.41) is 24.7. The minimum atomic E-state index is -0.755. The van der Waals surface area contributed by atoms with E-state index >= 15 is 0 Å². The maximum atomic E-state index is 13.7. The number of nitrogens with zero attached hydrogens (tertiary/aromatic N) is 2. The van der Waals surface area contributed by atoms with E-state index in [2.05, 4.69) is 84.4 Å². The van der Waals surface area contributed by atoms with Crippen molar-refractivity contribution in [3.05, 3.63) is 142 Å². The number of aliphatic hydroxyl groups excluding tert-OH is 1. The molecule has 1 aliphatic carbocycles. The van der Waals surface area contributed by atoms with Gasteiger partial charge in [0.05, 0.1) is 36.1 Å². The largest absolute Gasteiger partial charge is 0.493 e. The summed E-state index contributed by atoms with van der Waals surface area (Å²) >= 11 is 0. The van der Waals surface area contributed by atoms with Crippen molar-refractivity contribution in [3.63, 3.8) is 0 Å². The quantitative estimate of drug-likeness (QED) is 0.0949. The normalized spacial score (nSPS) is 14.2. The van der Waals surface area contributed by atoms with E-state index < -0.39 is 17.4 Å². The molecule has 2 aromatic heterocycles. The second kappa shape index (κ2) is 18.9. The van der Waals surface area contributed by atoms with Gasteiger partial charge in [0.15, 0.2) is 0 Å². The molecule has 1 amide bonds. The van der Waals surface area contributed by atoms with Crippen molar-refractivity contribution in [1.29, 1.82) is 0 Å². The highest BCUT2D eigenvalue weighted by Gasteiger charge is 2.33. The van der Waals surface area contributed by atoms with Crippen LogP contribution in [-0.2, 0) is 16.1 Å². The molecule has 1 saturated carbocycles. The van der Waals surface area contributed by atoms with E-state index in [1.165, 1.54) is 33.0 Å². The number of carboxylic acid groups (broad SMARTS) is 1. The first-order chi connectivity index (χ1) is 27.9. The van der Waals surface area contributed by atoms with E-state index in [-0.39, 0.29) is 18.4 Å². The molecule has 0 aliphatic heterocycles. The Hall–Kier alpha value is -5.47. The zero-order valence-corrected chi connectivity index (χ0v) is 34.9. The molecule has 2 atom stereocenters. The van der Waals surface area contributed by atoms with Gasteiger partial charge in [0.1, 0.15) is 11.4 Å². The third kappa shape index (κ3) is 9.97. The third-order valence-corrected chi connectivity index (χ3v) is 11.7. The summed E-state index contributed by atoms with van der Waals surface area (Å²) < 4.78 is 8.01. The fourth-order valence-electron chi connectivity index (χ4n) is 8.33. The van der Waals surface area contributed by atoms with Gasteiger partial charge in [0, 0.05) is 23.0 Å². The van der Waals surface area contributed by atoms with Crippen LogP contribution in [0.5, 0.6) is 5.75 Å². The van der Waals surface area contributed by atoms with Crippen LogP contribution >= 0.6 is 0 Å². The molecule has 304 valence electrons. The highest BCUT2D eigenvalue weighted by atomic mass is 16.5. The molecular formula is C50H59N3O5. The Morgan fingerprint density at radius 1 is 0.862 bits per heavy atom. The van der Waals surface area contributed by atoms with E-state index in [9.17, 15) is 14.7 Å². The Morgan fingerprint density at radius 2 is 1.55 bits per heavy atom. The standard InChI is InChI=1S/C35H37N3O2.C15H22O3/c1-23-20-24(2)36-34-32(23)29-14-8-9-15-31(29)38(34)21-25-16-18-28(19-17-25)33(27-12-6-7-13-27)35(40)37-30(22-39)26-10-4-3-5-11-26;1-11-6-7-12(2)13(10-11)18-9-5-8-15(3,4)14(16)17/h3-5,8-11,14-20,27,30,33,39H,6-7,12-13,21-22H2,1-2H3,(H,37,40);6-7,10H,5,8-9H2,1-4H3,(H,16,17)/t30-,33-;/m0./s1. The summed E-state index contributed by atoms with van der Waals surface area (Å²) in [4.78, 5) is 29.6. The number of fused-ring (bicyclic) bond motifs is 3. The Morgan fingerprint density at radius 3 is 2.24 bits per heavy atom. The summed E-state index contributed by atoms with van der Waals surface area (Å²) in [6.45, 7) is 12.9. The maximum absolute atomic E-state index is 13.7. The monoisotopic (exact) mass is 781 g/mol. The van der Waals surface area contributed by atoms with Gasteiger partial charge in [-0.1, -0.05) is 97.8 Å². The van der Waals surface area contributed by atoms with Crippen LogP contribution in [0.4, 0.5) is 0 Å². The predicted octanol–water partition coefficient (Wildman–Crippen LogP) is 10.6. The Labute approximate surface area is 343 Å². The number of aliphatic hydroxyl groups is 1. The van der Waals surface area contributed by atoms with Crippen molar-refractivity contribution < 1.29 is 24.5 Å². The molecule has 1 fully saturated rings. The van der Waals surface area contributed by atoms with Crippen molar-refractivity contribution >= 4 is 33.8 Å². The van der Waals surface area contributed by atoms with E-state index in [0.717, 1.165) is 65.9 Å². The van der Waals surface area contributed by atoms with Gasteiger partial charge in [0.2, 0.25) is 5.91 Å². The van der Waals surface area contributed by atoms with Gasteiger partial charge in [-0.05, 0) is 125 Å². The minimum absolute atomic E-state index is 0.0000936. The number of nitrogens with one attached hydrogen (secondary N) is 1. The van der Waals surface area contributed by atoms with Gasteiger partial charge in [-0.2, -0.15) is 0 Å². The second-order valence-electron chi connectivity index (χ2n) is 16.7. The molecule has 0 spiro atoms. The number of rotatable bonds is 14. The zero-order chi connectivity index (χ0) is 41.4. The van der Waals surface area contributed by atoms with Crippen LogP contribution in [0.3, 0.4) is 0 Å². The molecule has 58 heavy (non-hydrogen) atoms. The number of pyridine rings is 1. The minimum Gasteiger partial charge on any atom is -0.493 e. The topological polar surface area (TPSA) is 114 Å². The molecule has 0 saturated heterocycles. The molecule has 2 heterocycles. The lowest BCUT2D eigenvalue weighted by molar-refractivity contribution is -0.147. The highest BCUT2D eigenvalue weighted by Crippen LogP contribution is 2.38. The number of aliphatic carboxylic acids is 1. The lowest BCUT2D eigenvalue weighted by atomic mass is 9.83. The number of carbonyl (C=O) groups excluding carboxylic acids is 1. The van der Waals surface area contributed by atoms with Crippen molar-refractivity contribution in [3.8, 4) is 5.75 Å². The molecule has 0 bridgehead atoms. The maximum Gasteiger partial charge on any atom is 0.309 e. The van der Waals surface area contributed by atoms with E-state index in [0.29, 0.717) is 25.5 Å². The number of amides is 1. The third-order valence-electron chi connectivity index (χ3n) is 11.7. The number of aryl methyl sites for hydroxylation is 4. The van der Waals surface area contributed by atoms with E-state index in [1.54, 1.807) is 13.8 Å².